The van der Waals surface area contributed by atoms with Gasteiger partial charge >= 0.3 is 0 Å². The molecule has 0 spiro atoms. The van der Waals surface area contributed by atoms with Gasteiger partial charge in [0.15, 0.2) is 5.96 Å². The third-order valence-corrected chi connectivity index (χ3v) is 4.05. The Kier molecular flexibility index (Phi) is 6.05. The van der Waals surface area contributed by atoms with Gasteiger partial charge in [0.1, 0.15) is 0 Å². The largest absolute Gasteiger partial charge is 0.357 e. The molecule has 0 aromatic heterocycles. The van der Waals surface area contributed by atoms with Crippen molar-refractivity contribution in [2.45, 2.75) is 26.8 Å². The highest BCUT2D eigenvalue weighted by atomic mass is 15.3. The van der Waals surface area contributed by atoms with E-state index in [0.717, 1.165) is 51.6 Å². The Morgan fingerprint density at radius 3 is 2.76 bits per heavy atom. The van der Waals surface area contributed by atoms with E-state index in [0.29, 0.717) is 0 Å². The van der Waals surface area contributed by atoms with Crippen LogP contribution in [-0.2, 0) is 13.0 Å². The van der Waals surface area contributed by atoms with Gasteiger partial charge in [0.2, 0.25) is 0 Å². The van der Waals surface area contributed by atoms with Crippen LogP contribution in [-0.4, -0.2) is 55.5 Å². The summed E-state index contributed by atoms with van der Waals surface area (Å²) in [7, 11) is 2.14. The Hall–Kier alpha value is -1.55. The standard InChI is InChI=1S/C17H28N4/c1-4-18-17(19-11-13-20(3)5-2)21-12-10-15-8-6-7-9-16(15)14-21/h6-9H,4-5,10-14H2,1-3H3,(H,18,19). The maximum atomic E-state index is 4.79. The molecular weight excluding hydrogens is 260 g/mol. The number of guanidine groups is 1. The van der Waals surface area contributed by atoms with E-state index < -0.39 is 0 Å². The highest BCUT2D eigenvalue weighted by Gasteiger charge is 2.18. The van der Waals surface area contributed by atoms with Crippen LogP contribution in [0, 0.1) is 0 Å². The topological polar surface area (TPSA) is 30.9 Å². The Labute approximate surface area is 128 Å². The van der Waals surface area contributed by atoms with Gasteiger partial charge in [-0.05, 0) is 38.1 Å². The molecule has 1 aromatic rings. The molecule has 0 aliphatic carbocycles. The number of hydrogen-bond acceptors (Lipinski definition) is 2. The Balaban J connectivity index is 2.00. The summed E-state index contributed by atoms with van der Waals surface area (Å²) in [6.07, 6.45) is 1.11. The summed E-state index contributed by atoms with van der Waals surface area (Å²) in [6, 6.07) is 8.74. The predicted molar refractivity (Wildman–Crippen MR) is 89.7 cm³/mol. The minimum atomic E-state index is 0.852. The molecule has 0 atom stereocenters. The second-order valence-electron chi connectivity index (χ2n) is 5.57. The van der Waals surface area contributed by atoms with Crippen molar-refractivity contribution in [2.24, 2.45) is 4.99 Å². The summed E-state index contributed by atoms with van der Waals surface area (Å²) in [5, 5.41) is 3.43. The molecule has 1 heterocycles. The Bertz CT molecular complexity index is 470. The van der Waals surface area contributed by atoms with Crippen molar-refractivity contribution in [3.05, 3.63) is 35.4 Å². The zero-order valence-corrected chi connectivity index (χ0v) is 13.6. The summed E-state index contributed by atoms with van der Waals surface area (Å²) in [4.78, 5) is 9.45. The lowest BCUT2D eigenvalue weighted by Gasteiger charge is -2.31. The van der Waals surface area contributed by atoms with Gasteiger partial charge in [-0.25, -0.2) is 0 Å². The smallest absolute Gasteiger partial charge is 0.194 e. The molecule has 4 nitrogen and oxygen atoms in total. The van der Waals surface area contributed by atoms with E-state index in [2.05, 4.69) is 60.3 Å². The quantitative estimate of drug-likeness (QED) is 0.664. The van der Waals surface area contributed by atoms with Crippen molar-refractivity contribution in [3.8, 4) is 0 Å². The Morgan fingerprint density at radius 2 is 2.05 bits per heavy atom. The molecule has 1 N–H and O–H groups in total. The lowest BCUT2D eigenvalue weighted by Crippen LogP contribution is -2.44. The SMILES string of the molecule is CCNC(=NCCN(C)CC)N1CCc2ccccc2C1. The van der Waals surface area contributed by atoms with E-state index in [9.17, 15) is 0 Å². The van der Waals surface area contributed by atoms with Crippen molar-refractivity contribution in [2.75, 3.05) is 39.8 Å². The minimum absolute atomic E-state index is 0.852. The first-order valence-corrected chi connectivity index (χ1v) is 8.03. The minimum Gasteiger partial charge on any atom is -0.357 e. The van der Waals surface area contributed by atoms with Crippen LogP contribution in [0.4, 0.5) is 0 Å². The molecule has 21 heavy (non-hydrogen) atoms. The van der Waals surface area contributed by atoms with Crippen molar-refractivity contribution in [3.63, 3.8) is 0 Å². The normalized spacial score (nSPS) is 15.2. The van der Waals surface area contributed by atoms with Crippen molar-refractivity contribution >= 4 is 5.96 Å². The van der Waals surface area contributed by atoms with Gasteiger partial charge in [-0.2, -0.15) is 0 Å². The van der Waals surface area contributed by atoms with Gasteiger partial charge in [-0.15, -0.1) is 0 Å². The van der Waals surface area contributed by atoms with Crippen LogP contribution >= 0.6 is 0 Å². The monoisotopic (exact) mass is 288 g/mol. The lowest BCUT2D eigenvalue weighted by molar-refractivity contribution is 0.356. The Morgan fingerprint density at radius 1 is 1.29 bits per heavy atom. The average Bonchev–Trinajstić information content (AvgIpc) is 2.53. The van der Waals surface area contributed by atoms with Crippen molar-refractivity contribution < 1.29 is 0 Å². The molecule has 0 bridgehead atoms. The van der Waals surface area contributed by atoms with Crippen LogP contribution < -0.4 is 5.32 Å². The van der Waals surface area contributed by atoms with Crippen LogP contribution in [0.15, 0.2) is 29.3 Å². The molecule has 0 saturated heterocycles. The molecule has 0 saturated carbocycles. The molecule has 0 unspecified atom stereocenters. The molecule has 116 valence electrons. The van der Waals surface area contributed by atoms with Crippen LogP contribution in [0.1, 0.15) is 25.0 Å². The number of hydrogen-bond donors (Lipinski definition) is 1. The lowest BCUT2D eigenvalue weighted by atomic mass is 10.0. The van der Waals surface area contributed by atoms with Gasteiger partial charge in [0, 0.05) is 26.2 Å². The molecular formula is C17H28N4. The van der Waals surface area contributed by atoms with Crippen LogP contribution in [0.3, 0.4) is 0 Å². The predicted octanol–water partition coefficient (Wildman–Crippen LogP) is 1.96. The second kappa shape index (κ2) is 8.03. The average molecular weight is 288 g/mol. The number of fused-ring (bicyclic) bond motifs is 1. The van der Waals surface area contributed by atoms with Crippen molar-refractivity contribution in [1.82, 2.24) is 15.1 Å². The fourth-order valence-electron chi connectivity index (χ4n) is 2.59. The van der Waals surface area contributed by atoms with E-state index in [4.69, 9.17) is 4.99 Å². The van der Waals surface area contributed by atoms with Gasteiger partial charge in [0.25, 0.3) is 0 Å². The first-order valence-electron chi connectivity index (χ1n) is 8.03. The molecule has 1 aliphatic heterocycles. The molecule has 2 rings (SSSR count). The number of benzene rings is 1. The summed E-state index contributed by atoms with van der Waals surface area (Å²) in [5.74, 6) is 1.05. The van der Waals surface area contributed by atoms with E-state index in [1.165, 1.54) is 11.1 Å². The first kappa shape index (κ1) is 15.8. The summed E-state index contributed by atoms with van der Waals surface area (Å²) in [5.41, 5.74) is 2.91. The number of likely N-dealkylation sites (N-methyl/N-ethyl adjacent to an activating group) is 1. The van der Waals surface area contributed by atoms with Gasteiger partial charge in [-0.3, -0.25) is 4.99 Å². The fourth-order valence-corrected chi connectivity index (χ4v) is 2.59. The van der Waals surface area contributed by atoms with E-state index in [1.807, 2.05) is 0 Å². The third-order valence-electron chi connectivity index (χ3n) is 4.05. The molecule has 0 radical (unpaired) electrons. The first-order chi connectivity index (χ1) is 10.2. The highest BCUT2D eigenvalue weighted by Crippen LogP contribution is 2.18. The van der Waals surface area contributed by atoms with Gasteiger partial charge in [0.05, 0.1) is 6.54 Å². The zero-order valence-electron chi connectivity index (χ0n) is 13.6. The van der Waals surface area contributed by atoms with E-state index in [1.54, 1.807) is 0 Å². The summed E-state index contributed by atoms with van der Waals surface area (Å²) < 4.78 is 0. The van der Waals surface area contributed by atoms with Crippen molar-refractivity contribution in [1.29, 1.82) is 0 Å². The maximum absolute atomic E-state index is 4.79. The van der Waals surface area contributed by atoms with Gasteiger partial charge < -0.3 is 15.1 Å². The van der Waals surface area contributed by atoms with Crippen LogP contribution in [0.25, 0.3) is 0 Å². The second-order valence-corrected chi connectivity index (χ2v) is 5.57. The van der Waals surface area contributed by atoms with Crippen LogP contribution in [0.5, 0.6) is 0 Å². The zero-order chi connectivity index (χ0) is 15.1. The van der Waals surface area contributed by atoms with Gasteiger partial charge in [-0.1, -0.05) is 31.2 Å². The number of aliphatic imine (C=N–C) groups is 1. The molecule has 4 heteroatoms. The summed E-state index contributed by atoms with van der Waals surface area (Å²) >= 11 is 0. The molecule has 0 amide bonds. The summed E-state index contributed by atoms with van der Waals surface area (Å²) in [6.45, 7) is 10.2. The van der Waals surface area contributed by atoms with E-state index >= 15 is 0 Å². The number of nitrogens with zero attached hydrogens (tertiary/aromatic N) is 3. The molecule has 1 aliphatic rings. The van der Waals surface area contributed by atoms with Crippen LogP contribution in [0.2, 0.25) is 0 Å². The maximum Gasteiger partial charge on any atom is 0.194 e. The fraction of sp³-hybridized carbons (Fsp3) is 0.588. The highest BCUT2D eigenvalue weighted by molar-refractivity contribution is 5.80. The van der Waals surface area contributed by atoms with E-state index in [-0.39, 0.29) is 0 Å². The number of nitrogens with one attached hydrogen (secondary N) is 1. The third kappa shape index (κ3) is 4.46. The number of rotatable bonds is 5. The molecule has 0 fully saturated rings. The molecule has 1 aromatic carbocycles.